The van der Waals surface area contributed by atoms with Gasteiger partial charge in [0.05, 0.1) is 26.1 Å². The van der Waals surface area contributed by atoms with Crippen LogP contribution in [-0.4, -0.2) is 9.38 Å². The van der Waals surface area contributed by atoms with E-state index in [2.05, 4.69) is 4.98 Å². The van der Waals surface area contributed by atoms with E-state index in [1.807, 2.05) is 26.0 Å². The topological polar surface area (TPSA) is 47.5 Å². The molecule has 30 heavy (non-hydrogen) atoms. The van der Waals surface area contributed by atoms with Gasteiger partial charge in [-0.1, -0.05) is 46.1 Å². The van der Waals surface area contributed by atoms with E-state index >= 15 is 0 Å². The quantitative estimate of drug-likeness (QED) is 0.282. The van der Waals surface area contributed by atoms with Crippen LogP contribution in [-0.2, 0) is 0 Å². The average molecular weight is 476 g/mol. The van der Waals surface area contributed by atoms with E-state index in [0.29, 0.717) is 41.6 Å². The molecule has 0 aliphatic rings. The second-order valence-electron chi connectivity index (χ2n) is 7.02. The number of hydrogen-bond donors (Lipinski definition) is 0. The van der Waals surface area contributed by atoms with Gasteiger partial charge < -0.3 is 4.42 Å². The molecule has 0 radical (unpaired) electrons. The molecule has 0 aliphatic carbocycles. The molecule has 0 bridgehead atoms. The molecule has 3 heterocycles. The molecule has 0 spiro atoms. The van der Waals surface area contributed by atoms with E-state index in [-0.39, 0.29) is 5.56 Å². The van der Waals surface area contributed by atoms with Crippen molar-refractivity contribution in [2.24, 2.45) is 0 Å². The number of aryl methyl sites for hydroxylation is 2. The molecule has 0 N–H and O–H groups in total. The van der Waals surface area contributed by atoms with E-state index in [1.54, 1.807) is 34.7 Å². The minimum absolute atomic E-state index is 0.119. The molecule has 0 unspecified atom stereocenters. The number of thiazole rings is 1. The molecule has 5 aromatic rings. The van der Waals surface area contributed by atoms with Crippen LogP contribution in [0.2, 0.25) is 15.1 Å². The molecule has 8 heteroatoms. The second kappa shape index (κ2) is 7.13. The summed E-state index contributed by atoms with van der Waals surface area (Å²) in [6.07, 6.45) is 1.71. The number of imidazole rings is 1. The van der Waals surface area contributed by atoms with Crippen molar-refractivity contribution in [2.45, 2.75) is 13.8 Å². The lowest BCUT2D eigenvalue weighted by atomic mass is 10.1. The highest BCUT2D eigenvalue weighted by atomic mass is 35.5. The molecule has 4 nitrogen and oxygen atoms in total. The largest absolute Gasteiger partial charge is 0.457 e. The van der Waals surface area contributed by atoms with Gasteiger partial charge in [-0.3, -0.25) is 4.79 Å². The van der Waals surface area contributed by atoms with Crippen molar-refractivity contribution in [3.05, 3.63) is 83.2 Å². The SMILES string of the molecule is Cc1cc2nc3s/c(=C\c4ccc(-c5cc(Cl)c(Cl)cc5Cl)o4)c(=O)n3c2cc1C. The van der Waals surface area contributed by atoms with Crippen molar-refractivity contribution in [3.63, 3.8) is 0 Å². The molecule has 0 amide bonds. The number of aromatic nitrogens is 2. The number of rotatable bonds is 2. The molecule has 150 valence electrons. The molecule has 2 aromatic carbocycles. The maximum atomic E-state index is 13.0. The summed E-state index contributed by atoms with van der Waals surface area (Å²) in [5, 5.41) is 1.19. The van der Waals surface area contributed by atoms with E-state index in [0.717, 1.165) is 22.2 Å². The Labute approximate surface area is 189 Å². The maximum absolute atomic E-state index is 13.0. The van der Waals surface area contributed by atoms with Crippen molar-refractivity contribution in [3.8, 4) is 11.3 Å². The molecule has 0 saturated heterocycles. The second-order valence-corrected chi connectivity index (χ2v) is 9.25. The summed E-state index contributed by atoms with van der Waals surface area (Å²) < 4.78 is 8.09. The molecule has 0 aliphatic heterocycles. The third-order valence-corrected chi connectivity index (χ3v) is 7.03. The van der Waals surface area contributed by atoms with E-state index < -0.39 is 0 Å². The third kappa shape index (κ3) is 3.13. The Morgan fingerprint density at radius 3 is 2.53 bits per heavy atom. The fourth-order valence-corrected chi connectivity index (χ4v) is 4.94. The van der Waals surface area contributed by atoms with Crippen LogP contribution in [0.3, 0.4) is 0 Å². The number of fused-ring (bicyclic) bond motifs is 3. The minimum Gasteiger partial charge on any atom is -0.457 e. The van der Waals surface area contributed by atoms with E-state index in [4.69, 9.17) is 39.2 Å². The molecule has 0 atom stereocenters. The first-order valence-electron chi connectivity index (χ1n) is 9.00. The van der Waals surface area contributed by atoms with Gasteiger partial charge in [-0.2, -0.15) is 0 Å². The Hall–Kier alpha value is -2.31. The van der Waals surface area contributed by atoms with Gasteiger partial charge in [0.15, 0.2) is 4.96 Å². The smallest absolute Gasteiger partial charge is 0.275 e. The summed E-state index contributed by atoms with van der Waals surface area (Å²) in [6.45, 7) is 4.06. The summed E-state index contributed by atoms with van der Waals surface area (Å²) >= 11 is 19.7. The summed E-state index contributed by atoms with van der Waals surface area (Å²) in [5.74, 6) is 1.07. The fraction of sp³-hybridized carbons (Fsp3) is 0.0909. The summed E-state index contributed by atoms with van der Waals surface area (Å²) in [7, 11) is 0. The highest BCUT2D eigenvalue weighted by Crippen LogP contribution is 2.36. The molecule has 0 saturated carbocycles. The van der Waals surface area contributed by atoms with Gasteiger partial charge in [0.25, 0.3) is 5.56 Å². The van der Waals surface area contributed by atoms with Crippen LogP contribution in [0.4, 0.5) is 0 Å². The predicted octanol–water partition coefficient (Wildman–Crippen LogP) is 6.29. The Morgan fingerprint density at radius 1 is 1.00 bits per heavy atom. The highest BCUT2D eigenvalue weighted by molar-refractivity contribution is 7.15. The first-order valence-corrected chi connectivity index (χ1v) is 11.0. The fourth-order valence-electron chi connectivity index (χ4n) is 3.33. The Bertz CT molecular complexity index is 1580. The lowest BCUT2D eigenvalue weighted by molar-refractivity contribution is 0.571. The zero-order valence-electron chi connectivity index (χ0n) is 15.8. The van der Waals surface area contributed by atoms with Gasteiger partial charge in [-0.15, -0.1) is 0 Å². The van der Waals surface area contributed by atoms with Crippen LogP contribution in [0.1, 0.15) is 16.9 Å². The zero-order valence-corrected chi connectivity index (χ0v) is 18.9. The van der Waals surface area contributed by atoms with Crippen molar-refractivity contribution < 1.29 is 4.42 Å². The van der Waals surface area contributed by atoms with E-state index in [9.17, 15) is 4.79 Å². The van der Waals surface area contributed by atoms with Gasteiger partial charge >= 0.3 is 0 Å². The minimum atomic E-state index is -0.119. The Balaban J connectivity index is 1.62. The van der Waals surface area contributed by atoms with Gasteiger partial charge in [0.1, 0.15) is 16.1 Å². The number of nitrogens with zero attached hydrogens (tertiary/aromatic N) is 2. The average Bonchev–Trinajstić information content (AvgIpc) is 3.36. The number of furan rings is 1. The van der Waals surface area contributed by atoms with Gasteiger partial charge in [0.2, 0.25) is 0 Å². The molecule has 3 aromatic heterocycles. The van der Waals surface area contributed by atoms with Crippen molar-refractivity contribution in [1.29, 1.82) is 0 Å². The lowest BCUT2D eigenvalue weighted by Gasteiger charge is -2.03. The molecule has 0 fully saturated rings. The third-order valence-electron chi connectivity index (χ3n) is 5.03. The Kier molecular flexibility index (Phi) is 4.67. The van der Waals surface area contributed by atoms with Crippen molar-refractivity contribution in [2.75, 3.05) is 0 Å². The molecule has 5 rings (SSSR count). The number of benzene rings is 2. The van der Waals surface area contributed by atoms with Crippen molar-refractivity contribution in [1.82, 2.24) is 9.38 Å². The van der Waals surface area contributed by atoms with Crippen LogP contribution in [0.5, 0.6) is 0 Å². The Morgan fingerprint density at radius 2 is 1.73 bits per heavy atom. The molecular weight excluding hydrogens is 463 g/mol. The molecular formula is C22H13Cl3N2O2S. The monoisotopic (exact) mass is 474 g/mol. The van der Waals surface area contributed by atoms with Gasteiger partial charge in [0, 0.05) is 11.6 Å². The number of halogens is 3. The summed E-state index contributed by atoms with van der Waals surface area (Å²) in [4.78, 5) is 18.3. The standard InChI is InChI=1S/C22H13Cl3N2O2S/c1-10-5-17-18(6-11(10)2)27-21(28)20(30-22(27)26-17)7-12-3-4-19(29-12)13-8-15(24)16(25)9-14(13)23/h3-9H,1-2H3/b20-7-. The van der Waals surface area contributed by atoms with Crippen LogP contribution in [0, 0.1) is 13.8 Å². The van der Waals surface area contributed by atoms with Crippen LogP contribution < -0.4 is 10.1 Å². The zero-order chi connectivity index (χ0) is 21.2. The first kappa shape index (κ1) is 19.6. The van der Waals surface area contributed by atoms with Gasteiger partial charge in [-0.05, 0) is 61.4 Å². The van der Waals surface area contributed by atoms with Crippen LogP contribution in [0.15, 0.2) is 45.6 Å². The lowest BCUT2D eigenvalue weighted by Crippen LogP contribution is -2.22. The number of hydrogen-bond acceptors (Lipinski definition) is 4. The van der Waals surface area contributed by atoms with Crippen molar-refractivity contribution >= 4 is 68.2 Å². The van der Waals surface area contributed by atoms with Crippen LogP contribution in [0.25, 0.3) is 33.4 Å². The summed E-state index contributed by atoms with van der Waals surface area (Å²) in [6, 6.07) is 10.8. The summed E-state index contributed by atoms with van der Waals surface area (Å²) in [5.41, 5.74) is 4.42. The first-order chi connectivity index (χ1) is 14.3. The predicted molar refractivity (Wildman–Crippen MR) is 124 cm³/mol. The normalized spacial score (nSPS) is 12.5. The maximum Gasteiger partial charge on any atom is 0.275 e. The highest BCUT2D eigenvalue weighted by Gasteiger charge is 2.14. The van der Waals surface area contributed by atoms with E-state index in [1.165, 1.54) is 11.3 Å². The van der Waals surface area contributed by atoms with Crippen LogP contribution >= 0.6 is 46.1 Å². The van der Waals surface area contributed by atoms with Gasteiger partial charge in [-0.25, -0.2) is 9.38 Å².